The summed E-state index contributed by atoms with van der Waals surface area (Å²) in [7, 11) is 0. The van der Waals surface area contributed by atoms with Gasteiger partial charge in [-0.25, -0.2) is 4.39 Å². The van der Waals surface area contributed by atoms with E-state index < -0.39 is 11.7 Å². The molecule has 1 aromatic carbocycles. The molecule has 4 N–H and O–H groups in total. The molecule has 0 unspecified atom stereocenters. The van der Waals surface area contributed by atoms with E-state index >= 15 is 0 Å². The fourth-order valence-corrected chi connectivity index (χ4v) is 1.67. The quantitative estimate of drug-likeness (QED) is 0.747. The highest BCUT2D eigenvalue weighted by molar-refractivity contribution is 7.80. The lowest BCUT2D eigenvalue weighted by Crippen LogP contribution is -2.15. The van der Waals surface area contributed by atoms with Crippen LogP contribution in [0, 0.1) is 12.7 Å². The predicted molar refractivity (Wildman–Crippen MR) is 73.6 cm³/mol. The van der Waals surface area contributed by atoms with Gasteiger partial charge in [0, 0.05) is 11.3 Å². The largest absolute Gasteiger partial charge is 0.389 e. The molecule has 1 aromatic heterocycles. The summed E-state index contributed by atoms with van der Waals surface area (Å²) in [5, 5.41) is 8.83. The van der Waals surface area contributed by atoms with Crippen molar-refractivity contribution in [1.29, 1.82) is 0 Å². The first-order chi connectivity index (χ1) is 8.99. The minimum Gasteiger partial charge on any atom is -0.389 e. The highest BCUT2D eigenvalue weighted by atomic mass is 32.1. The second kappa shape index (κ2) is 5.15. The molecular formula is C12H11FN4OS. The number of carbonyl (C=O) groups excluding carboxylic acids is 1. The first-order valence-corrected chi connectivity index (χ1v) is 5.80. The Hall–Kier alpha value is -2.28. The van der Waals surface area contributed by atoms with Crippen molar-refractivity contribution in [2.24, 2.45) is 5.73 Å². The second-order valence-corrected chi connectivity index (χ2v) is 4.36. The van der Waals surface area contributed by atoms with Crippen LogP contribution in [-0.2, 0) is 0 Å². The number of carbonyl (C=O) groups is 1. The van der Waals surface area contributed by atoms with Crippen LogP contribution in [0.2, 0.25) is 0 Å². The molecule has 0 radical (unpaired) electrons. The molecule has 0 fully saturated rings. The van der Waals surface area contributed by atoms with Crippen LogP contribution in [0.25, 0.3) is 0 Å². The van der Waals surface area contributed by atoms with Crippen molar-refractivity contribution in [3.8, 4) is 0 Å². The number of aromatic nitrogens is 2. The van der Waals surface area contributed by atoms with Crippen molar-refractivity contribution in [3.05, 3.63) is 47.0 Å². The number of hydrogen-bond acceptors (Lipinski definition) is 3. The van der Waals surface area contributed by atoms with Gasteiger partial charge in [-0.2, -0.15) is 5.10 Å². The number of hydrogen-bond donors (Lipinski definition) is 3. The molecule has 0 aliphatic carbocycles. The van der Waals surface area contributed by atoms with E-state index in [1.165, 1.54) is 18.3 Å². The number of rotatable bonds is 3. The average Bonchev–Trinajstić information content (AvgIpc) is 2.77. The number of thiocarbonyl (C=S) groups is 1. The number of aryl methyl sites for hydroxylation is 1. The Labute approximate surface area is 114 Å². The first-order valence-electron chi connectivity index (χ1n) is 5.39. The van der Waals surface area contributed by atoms with E-state index in [0.717, 1.165) is 0 Å². The van der Waals surface area contributed by atoms with Gasteiger partial charge in [0.05, 0.1) is 17.4 Å². The Bertz CT molecular complexity index is 653. The third-order valence-electron chi connectivity index (χ3n) is 2.58. The maximum absolute atomic E-state index is 13.8. The lowest BCUT2D eigenvalue weighted by atomic mass is 10.2. The maximum atomic E-state index is 13.8. The topological polar surface area (TPSA) is 83.8 Å². The van der Waals surface area contributed by atoms with Crippen LogP contribution in [0.15, 0.2) is 24.4 Å². The van der Waals surface area contributed by atoms with E-state index in [9.17, 15) is 9.18 Å². The minimum atomic E-state index is -0.597. The van der Waals surface area contributed by atoms with Gasteiger partial charge in [-0.05, 0) is 25.1 Å². The molecule has 7 heteroatoms. The highest BCUT2D eigenvalue weighted by Crippen LogP contribution is 2.17. The zero-order valence-corrected chi connectivity index (χ0v) is 10.8. The third kappa shape index (κ3) is 2.76. The monoisotopic (exact) mass is 278 g/mol. The van der Waals surface area contributed by atoms with Gasteiger partial charge in [0.2, 0.25) is 0 Å². The van der Waals surface area contributed by atoms with Crippen molar-refractivity contribution in [3.63, 3.8) is 0 Å². The Balaban J connectivity index is 2.23. The van der Waals surface area contributed by atoms with E-state index in [2.05, 4.69) is 15.5 Å². The SMILES string of the molecule is Cc1[nH]ncc1C(=O)Nc1ccc(C(N)=S)cc1F. The third-order valence-corrected chi connectivity index (χ3v) is 2.81. The lowest BCUT2D eigenvalue weighted by Gasteiger charge is -2.07. The Morgan fingerprint density at radius 2 is 2.26 bits per heavy atom. The van der Waals surface area contributed by atoms with Gasteiger partial charge in [-0.3, -0.25) is 9.89 Å². The molecule has 0 bridgehead atoms. The number of nitrogens with zero attached hydrogens (tertiary/aromatic N) is 1. The molecule has 0 aliphatic rings. The van der Waals surface area contributed by atoms with Gasteiger partial charge in [0.25, 0.3) is 5.91 Å². The molecule has 2 aromatic rings. The molecule has 0 atom stereocenters. The Morgan fingerprint density at radius 3 is 2.79 bits per heavy atom. The molecular weight excluding hydrogens is 267 g/mol. The summed E-state index contributed by atoms with van der Waals surface area (Å²) in [5.41, 5.74) is 6.83. The maximum Gasteiger partial charge on any atom is 0.259 e. The molecule has 98 valence electrons. The van der Waals surface area contributed by atoms with Gasteiger partial charge >= 0.3 is 0 Å². The van der Waals surface area contributed by atoms with Gasteiger partial charge in [0.1, 0.15) is 10.8 Å². The molecule has 0 aliphatic heterocycles. The zero-order valence-electron chi connectivity index (χ0n) is 10.0. The van der Waals surface area contributed by atoms with E-state index in [-0.39, 0.29) is 10.7 Å². The Morgan fingerprint density at radius 1 is 1.53 bits per heavy atom. The molecule has 2 rings (SSSR count). The van der Waals surface area contributed by atoms with Crippen LogP contribution in [0.1, 0.15) is 21.6 Å². The lowest BCUT2D eigenvalue weighted by molar-refractivity contribution is 0.102. The fraction of sp³-hybridized carbons (Fsp3) is 0.0833. The van der Waals surface area contributed by atoms with Crippen molar-refractivity contribution in [2.75, 3.05) is 5.32 Å². The summed E-state index contributed by atoms with van der Waals surface area (Å²) in [6.07, 6.45) is 1.38. The first kappa shape index (κ1) is 13.2. The molecule has 0 spiro atoms. The molecule has 0 saturated carbocycles. The summed E-state index contributed by atoms with van der Waals surface area (Å²) >= 11 is 4.75. The number of amides is 1. The van der Waals surface area contributed by atoms with E-state index in [1.807, 2.05) is 0 Å². The predicted octanol–water partition coefficient (Wildman–Crippen LogP) is 1.74. The van der Waals surface area contributed by atoms with Gasteiger partial charge in [-0.1, -0.05) is 12.2 Å². The highest BCUT2D eigenvalue weighted by Gasteiger charge is 2.13. The summed E-state index contributed by atoms with van der Waals surface area (Å²) in [6.45, 7) is 1.70. The number of aromatic amines is 1. The van der Waals surface area contributed by atoms with Crippen molar-refractivity contribution < 1.29 is 9.18 Å². The number of nitrogens with two attached hydrogens (primary N) is 1. The summed E-state index contributed by atoms with van der Waals surface area (Å²) in [6, 6.07) is 4.14. The summed E-state index contributed by atoms with van der Waals surface area (Å²) < 4.78 is 13.8. The van der Waals surface area contributed by atoms with Crippen LogP contribution in [0.5, 0.6) is 0 Å². The van der Waals surface area contributed by atoms with Crippen molar-refractivity contribution >= 4 is 28.8 Å². The van der Waals surface area contributed by atoms with Crippen LogP contribution in [0.4, 0.5) is 10.1 Å². The number of anilines is 1. The van der Waals surface area contributed by atoms with Gasteiger partial charge in [0.15, 0.2) is 0 Å². The van der Waals surface area contributed by atoms with Gasteiger partial charge < -0.3 is 11.1 Å². The second-order valence-electron chi connectivity index (χ2n) is 3.92. The molecule has 5 nitrogen and oxygen atoms in total. The van der Waals surface area contributed by atoms with Crippen LogP contribution < -0.4 is 11.1 Å². The van der Waals surface area contributed by atoms with E-state index in [4.69, 9.17) is 18.0 Å². The standard InChI is InChI=1S/C12H11FN4OS/c1-6-8(5-15-17-6)12(18)16-10-3-2-7(11(14)19)4-9(10)13/h2-5H,1H3,(H2,14,19)(H,15,17)(H,16,18). The molecule has 1 amide bonds. The van der Waals surface area contributed by atoms with Crippen LogP contribution >= 0.6 is 12.2 Å². The Kier molecular flexibility index (Phi) is 3.57. The summed E-state index contributed by atoms with van der Waals surface area (Å²) in [4.78, 5) is 12.0. The number of halogens is 1. The minimum absolute atomic E-state index is 0.0607. The molecule has 1 heterocycles. The van der Waals surface area contributed by atoms with E-state index in [1.54, 1.807) is 13.0 Å². The summed E-state index contributed by atoms with van der Waals surface area (Å²) in [5.74, 6) is -1.03. The van der Waals surface area contributed by atoms with Gasteiger partial charge in [-0.15, -0.1) is 0 Å². The average molecular weight is 278 g/mol. The zero-order chi connectivity index (χ0) is 14.0. The van der Waals surface area contributed by atoms with Crippen molar-refractivity contribution in [2.45, 2.75) is 6.92 Å². The molecule has 0 saturated heterocycles. The molecule has 19 heavy (non-hydrogen) atoms. The van der Waals surface area contributed by atoms with Crippen LogP contribution in [0.3, 0.4) is 0 Å². The number of nitrogens with one attached hydrogen (secondary N) is 2. The number of benzene rings is 1. The fourth-order valence-electron chi connectivity index (χ4n) is 1.54. The normalized spacial score (nSPS) is 10.2. The smallest absolute Gasteiger partial charge is 0.259 e. The number of H-pyrrole nitrogens is 1. The van der Waals surface area contributed by atoms with E-state index in [0.29, 0.717) is 16.8 Å². The van der Waals surface area contributed by atoms with Crippen LogP contribution in [-0.4, -0.2) is 21.1 Å². The van der Waals surface area contributed by atoms with Crippen molar-refractivity contribution in [1.82, 2.24) is 10.2 Å².